The van der Waals surface area contributed by atoms with Crippen molar-refractivity contribution in [2.75, 3.05) is 0 Å². The molecule has 0 spiro atoms. The van der Waals surface area contributed by atoms with Gasteiger partial charge in [-0.05, 0) is 38.7 Å². The third-order valence-electron chi connectivity index (χ3n) is 2.30. The predicted molar refractivity (Wildman–Crippen MR) is 84.0 cm³/mol. The zero-order valence-electron chi connectivity index (χ0n) is 11.5. The first-order chi connectivity index (χ1) is 8.81. The highest BCUT2D eigenvalue weighted by Gasteiger charge is 1.79. The lowest BCUT2D eigenvalue weighted by molar-refractivity contribution is 1.00. The van der Waals surface area contributed by atoms with Crippen molar-refractivity contribution in [2.24, 2.45) is 4.99 Å². The van der Waals surface area contributed by atoms with Gasteiger partial charge in [-0.1, -0.05) is 49.6 Å². The monoisotopic (exact) mass is 243 g/mol. The first kappa shape index (κ1) is 16.4. The second-order valence-electron chi connectivity index (χ2n) is 3.91. The van der Waals surface area contributed by atoms with Crippen LogP contribution in [0.25, 0.3) is 0 Å². The molecule has 0 rings (SSSR count). The van der Waals surface area contributed by atoms with E-state index in [4.69, 9.17) is 0 Å². The van der Waals surface area contributed by atoms with Gasteiger partial charge in [0.1, 0.15) is 0 Å². The lowest BCUT2D eigenvalue weighted by Crippen LogP contribution is -1.73. The van der Waals surface area contributed by atoms with E-state index in [-0.39, 0.29) is 0 Å². The number of allylic oxidation sites excluding steroid dienone is 7. The van der Waals surface area contributed by atoms with Gasteiger partial charge in [-0.15, -0.1) is 0 Å². The van der Waals surface area contributed by atoms with Gasteiger partial charge in [0, 0.05) is 12.6 Å². The van der Waals surface area contributed by atoms with Crippen LogP contribution in [0, 0.1) is 0 Å². The summed E-state index contributed by atoms with van der Waals surface area (Å²) in [5.41, 5.74) is 0.715. The average molecular weight is 243 g/mol. The molecule has 0 aliphatic carbocycles. The van der Waals surface area contributed by atoms with Gasteiger partial charge in [-0.25, -0.2) is 0 Å². The van der Waals surface area contributed by atoms with E-state index in [9.17, 15) is 0 Å². The Morgan fingerprint density at radius 1 is 0.944 bits per heavy atom. The Morgan fingerprint density at radius 3 is 2.06 bits per heavy atom. The highest BCUT2D eigenvalue weighted by Crippen LogP contribution is 1.98. The van der Waals surface area contributed by atoms with Crippen LogP contribution in [0.3, 0.4) is 0 Å². The van der Waals surface area contributed by atoms with Gasteiger partial charge in [0.05, 0.1) is 5.70 Å². The molecule has 0 aromatic carbocycles. The number of hydrogen-bond donors (Lipinski definition) is 0. The van der Waals surface area contributed by atoms with Crippen LogP contribution in [0.2, 0.25) is 0 Å². The average Bonchev–Trinajstić information content (AvgIpc) is 2.39. The first-order valence-corrected chi connectivity index (χ1v) is 6.56. The van der Waals surface area contributed by atoms with Crippen LogP contribution in [0.15, 0.2) is 66.4 Å². The van der Waals surface area contributed by atoms with E-state index in [1.807, 2.05) is 6.21 Å². The second kappa shape index (κ2) is 13.4. The fourth-order valence-corrected chi connectivity index (χ4v) is 1.28. The molecule has 1 nitrogen and oxygen atoms in total. The molecule has 0 atom stereocenters. The molecule has 1 heteroatoms. The van der Waals surface area contributed by atoms with Crippen molar-refractivity contribution >= 4 is 6.21 Å². The summed E-state index contributed by atoms with van der Waals surface area (Å²) in [6, 6.07) is 0. The summed E-state index contributed by atoms with van der Waals surface area (Å²) in [5, 5.41) is 0. The van der Waals surface area contributed by atoms with Crippen molar-refractivity contribution in [3.8, 4) is 0 Å². The summed E-state index contributed by atoms with van der Waals surface area (Å²) in [4.78, 5) is 4.11. The molecular weight excluding hydrogens is 218 g/mol. The van der Waals surface area contributed by atoms with E-state index in [0.29, 0.717) is 5.70 Å². The van der Waals surface area contributed by atoms with Crippen LogP contribution in [-0.2, 0) is 0 Å². The summed E-state index contributed by atoms with van der Waals surface area (Å²) >= 11 is 0. The van der Waals surface area contributed by atoms with Crippen molar-refractivity contribution in [3.63, 3.8) is 0 Å². The molecule has 0 radical (unpaired) electrons. The molecule has 0 aliphatic heterocycles. The zero-order valence-corrected chi connectivity index (χ0v) is 11.5. The number of rotatable bonds is 10. The SMILES string of the molecule is C=CC(=C)N=CC/C=C\CC/C=C\CC/C=C\C. The molecule has 18 heavy (non-hydrogen) atoms. The Bertz CT molecular complexity index is 330. The maximum absolute atomic E-state index is 4.11. The number of hydrogen-bond acceptors (Lipinski definition) is 1. The van der Waals surface area contributed by atoms with Gasteiger partial charge >= 0.3 is 0 Å². The molecule has 98 valence electrons. The molecule has 0 N–H and O–H groups in total. The minimum atomic E-state index is 0.715. The van der Waals surface area contributed by atoms with Crippen LogP contribution >= 0.6 is 0 Å². The van der Waals surface area contributed by atoms with E-state index in [0.717, 1.165) is 32.1 Å². The van der Waals surface area contributed by atoms with Crippen molar-refractivity contribution < 1.29 is 0 Å². The van der Waals surface area contributed by atoms with Crippen LogP contribution < -0.4 is 0 Å². The van der Waals surface area contributed by atoms with Crippen molar-refractivity contribution in [1.82, 2.24) is 0 Å². The Kier molecular flexibility index (Phi) is 12.2. The van der Waals surface area contributed by atoms with Gasteiger partial charge in [-0.2, -0.15) is 0 Å². The molecule has 0 saturated heterocycles. The van der Waals surface area contributed by atoms with Crippen molar-refractivity contribution in [3.05, 3.63) is 61.4 Å². The molecule has 0 fully saturated rings. The van der Waals surface area contributed by atoms with Gasteiger partial charge in [0.2, 0.25) is 0 Å². The fraction of sp³-hybridized carbons (Fsp3) is 0.353. The largest absolute Gasteiger partial charge is 0.262 e. The number of nitrogens with zero attached hydrogens (tertiary/aromatic N) is 1. The third-order valence-corrected chi connectivity index (χ3v) is 2.30. The van der Waals surface area contributed by atoms with Gasteiger partial charge in [0.15, 0.2) is 0 Å². The van der Waals surface area contributed by atoms with E-state index in [2.05, 4.69) is 61.5 Å². The van der Waals surface area contributed by atoms with Crippen LogP contribution in [0.1, 0.15) is 39.0 Å². The molecule has 0 aromatic heterocycles. The van der Waals surface area contributed by atoms with Crippen molar-refractivity contribution in [2.45, 2.75) is 39.0 Å². The normalized spacial score (nSPS) is 12.3. The van der Waals surface area contributed by atoms with Gasteiger partial charge in [-0.3, -0.25) is 4.99 Å². The maximum Gasteiger partial charge on any atom is 0.0548 e. The van der Waals surface area contributed by atoms with E-state index >= 15 is 0 Å². The summed E-state index contributed by atoms with van der Waals surface area (Å²) in [7, 11) is 0. The summed E-state index contributed by atoms with van der Waals surface area (Å²) in [6.45, 7) is 9.36. The Balaban J connectivity index is 3.45. The molecule has 0 unspecified atom stereocenters. The zero-order chi connectivity index (χ0) is 13.5. The van der Waals surface area contributed by atoms with E-state index in [1.54, 1.807) is 6.08 Å². The van der Waals surface area contributed by atoms with Crippen LogP contribution in [-0.4, -0.2) is 6.21 Å². The van der Waals surface area contributed by atoms with E-state index in [1.165, 1.54) is 0 Å². The molecule has 0 bridgehead atoms. The Hall–Kier alpha value is -1.63. The predicted octanol–water partition coefficient (Wildman–Crippen LogP) is 5.40. The highest BCUT2D eigenvalue weighted by atomic mass is 14.7. The van der Waals surface area contributed by atoms with Crippen LogP contribution in [0.4, 0.5) is 0 Å². The summed E-state index contributed by atoms with van der Waals surface area (Å²) in [6.07, 6.45) is 22.0. The van der Waals surface area contributed by atoms with Crippen molar-refractivity contribution in [1.29, 1.82) is 0 Å². The maximum atomic E-state index is 4.11. The van der Waals surface area contributed by atoms with Gasteiger partial charge < -0.3 is 0 Å². The third kappa shape index (κ3) is 12.4. The van der Waals surface area contributed by atoms with Crippen LogP contribution in [0.5, 0.6) is 0 Å². The molecular formula is C17H25N. The Morgan fingerprint density at radius 2 is 1.50 bits per heavy atom. The second-order valence-corrected chi connectivity index (χ2v) is 3.91. The number of aliphatic imine (C=N–C) groups is 1. The lowest BCUT2D eigenvalue weighted by Gasteiger charge is -1.89. The first-order valence-electron chi connectivity index (χ1n) is 6.56. The lowest BCUT2D eigenvalue weighted by atomic mass is 10.2. The molecule has 0 saturated carbocycles. The standard InChI is InChI=1S/C17H25N/c1-4-6-7-8-9-10-11-12-13-14-15-16-18-17(3)5-2/h4-6,9-10,13-14,16H,2-3,7-8,11-12,15H2,1H3/b6-4-,10-9-,14-13-,18-16?. The minimum absolute atomic E-state index is 0.715. The molecule has 0 aliphatic rings. The number of unbranched alkanes of at least 4 members (excludes halogenated alkanes) is 2. The Labute approximate surface area is 112 Å². The smallest absolute Gasteiger partial charge is 0.0548 e. The topological polar surface area (TPSA) is 12.4 Å². The highest BCUT2D eigenvalue weighted by molar-refractivity contribution is 5.61. The summed E-state index contributed by atoms with van der Waals surface area (Å²) < 4.78 is 0. The quantitative estimate of drug-likeness (QED) is 0.211. The summed E-state index contributed by atoms with van der Waals surface area (Å²) in [5.74, 6) is 0. The van der Waals surface area contributed by atoms with E-state index < -0.39 is 0 Å². The van der Waals surface area contributed by atoms with Gasteiger partial charge in [0.25, 0.3) is 0 Å². The molecule has 0 amide bonds. The minimum Gasteiger partial charge on any atom is -0.262 e. The molecule has 0 heterocycles. The molecule has 0 aromatic rings. The fourth-order valence-electron chi connectivity index (χ4n) is 1.28.